The SMILES string of the molecule is Cl.O=C(Nc1cccc(CS(=O)(=O)c2ccccc2)c1)C1CCNC1. The van der Waals surface area contributed by atoms with Crippen molar-refractivity contribution in [3.8, 4) is 0 Å². The van der Waals surface area contributed by atoms with Gasteiger partial charge in [0.1, 0.15) is 0 Å². The highest BCUT2D eigenvalue weighted by atomic mass is 35.5. The third-order valence-electron chi connectivity index (χ3n) is 4.08. The average molecular weight is 381 g/mol. The average Bonchev–Trinajstić information content (AvgIpc) is 3.10. The zero-order valence-corrected chi connectivity index (χ0v) is 15.3. The molecule has 0 aromatic heterocycles. The maximum absolute atomic E-state index is 12.4. The molecule has 3 rings (SSSR count). The molecule has 1 saturated heterocycles. The molecular formula is C18H21ClN2O3S. The van der Waals surface area contributed by atoms with Crippen molar-refractivity contribution < 1.29 is 13.2 Å². The van der Waals surface area contributed by atoms with Crippen LogP contribution in [0.4, 0.5) is 5.69 Å². The van der Waals surface area contributed by atoms with Crippen molar-refractivity contribution in [2.45, 2.75) is 17.1 Å². The van der Waals surface area contributed by atoms with Gasteiger partial charge in [0.15, 0.2) is 9.84 Å². The Balaban J connectivity index is 0.00000225. The summed E-state index contributed by atoms with van der Waals surface area (Å²) >= 11 is 0. The molecule has 1 unspecified atom stereocenters. The zero-order chi connectivity index (χ0) is 17.0. The van der Waals surface area contributed by atoms with Gasteiger partial charge in [0, 0.05) is 12.2 Å². The topological polar surface area (TPSA) is 75.3 Å². The van der Waals surface area contributed by atoms with Crippen LogP contribution in [0.5, 0.6) is 0 Å². The van der Waals surface area contributed by atoms with E-state index >= 15 is 0 Å². The van der Waals surface area contributed by atoms with Crippen LogP contribution in [-0.2, 0) is 20.4 Å². The van der Waals surface area contributed by atoms with Crippen LogP contribution in [0.1, 0.15) is 12.0 Å². The van der Waals surface area contributed by atoms with E-state index in [2.05, 4.69) is 10.6 Å². The quantitative estimate of drug-likeness (QED) is 0.836. The Kier molecular flexibility index (Phi) is 6.58. The van der Waals surface area contributed by atoms with Crippen LogP contribution in [0.15, 0.2) is 59.5 Å². The van der Waals surface area contributed by atoms with Gasteiger partial charge in [-0.15, -0.1) is 12.4 Å². The first-order valence-electron chi connectivity index (χ1n) is 7.93. The summed E-state index contributed by atoms with van der Waals surface area (Å²) in [5.41, 5.74) is 1.29. The predicted octanol–water partition coefficient (Wildman–Crippen LogP) is 2.63. The van der Waals surface area contributed by atoms with E-state index in [1.54, 1.807) is 54.6 Å². The van der Waals surface area contributed by atoms with Crippen molar-refractivity contribution in [3.63, 3.8) is 0 Å². The predicted molar refractivity (Wildman–Crippen MR) is 101 cm³/mol. The summed E-state index contributed by atoms with van der Waals surface area (Å²) in [4.78, 5) is 12.5. The molecule has 0 aliphatic carbocycles. The standard InChI is InChI=1S/C18H20N2O3S.ClH/c21-18(15-9-10-19-12-15)20-16-6-4-5-14(11-16)13-24(22,23)17-7-2-1-3-8-17;/h1-8,11,15,19H,9-10,12-13H2,(H,20,21);1H. The first kappa shape index (κ1) is 19.4. The molecule has 0 spiro atoms. The minimum atomic E-state index is -3.40. The first-order valence-corrected chi connectivity index (χ1v) is 9.58. The van der Waals surface area contributed by atoms with Gasteiger partial charge >= 0.3 is 0 Å². The van der Waals surface area contributed by atoms with Crippen LogP contribution in [0.3, 0.4) is 0 Å². The van der Waals surface area contributed by atoms with Gasteiger partial charge in [-0.3, -0.25) is 4.79 Å². The molecule has 1 heterocycles. The number of hydrogen-bond donors (Lipinski definition) is 2. The number of carbonyl (C=O) groups excluding carboxylic acids is 1. The number of sulfone groups is 1. The molecule has 1 fully saturated rings. The van der Waals surface area contributed by atoms with Crippen LogP contribution in [0, 0.1) is 5.92 Å². The molecule has 0 bridgehead atoms. The third kappa shape index (κ3) is 5.04. The lowest BCUT2D eigenvalue weighted by molar-refractivity contribution is -0.119. The van der Waals surface area contributed by atoms with Crippen LogP contribution < -0.4 is 10.6 Å². The smallest absolute Gasteiger partial charge is 0.228 e. The Morgan fingerprint density at radius 3 is 2.56 bits per heavy atom. The molecule has 0 saturated carbocycles. The van der Waals surface area contributed by atoms with E-state index in [-0.39, 0.29) is 30.0 Å². The highest BCUT2D eigenvalue weighted by Crippen LogP contribution is 2.19. The lowest BCUT2D eigenvalue weighted by Gasteiger charge is -2.11. The summed E-state index contributed by atoms with van der Waals surface area (Å²) < 4.78 is 24.9. The van der Waals surface area contributed by atoms with Gasteiger partial charge in [0.2, 0.25) is 5.91 Å². The van der Waals surface area contributed by atoms with Gasteiger partial charge in [0.25, 0.3) is 0 Å². The largest absolute Gasteiger partial charge is 0.326 e. The molecule has 7 heteroatoms. The molecule has 1 aliphatic heterocycles. The van der Waals surface area contributed by atoms with Crippen molar-refractivity contribution in [3.05, 3.63) is 60.2 Å². The van der Waals surface area contributed by atoms with Crippen LogP contribution in [0.2, 0.25) is 0 Å². The van der Waals surface area contributed by atoms with Crippen molar-refractivity contribution in [2.75, 3.05) is 18.4 Å². The molecule has 5 nitrogen and oxygen atoms in total. The van der Waals surface area contributed by atoms with E-state index in [0.29, 0.717) is 22.7 Å². The summed E-state index contributed by atoms with van der Waals surface area (Å²) in [6, 6.07) is 15.4. The molecule has 1 aliphatic rings. The Hall–Kier alpha value is -1.89. The Bertz CT molecular complexity index is 819. The molecule has 1 atom stereocenters. The van der Waals surface area contributed by atoms with Crippen LogP contribution >= 0.6 is 12.4 Å². The second kappa shape index (κ2) is 8.47. The number of benzene rings is 2. The molecule has 2 aromatic carbocycles. The van der Waals surface area contributed by atoms with E-state index < -0.39 is 9.84 Å². The van der Waals surface area contributed by atoms with Gasteiger partial charge < -0.3 is 10.6 Å². The minimum absolute atomic E-state index is 0. The number of anilines is 1. The third-order valence-corrected chi connectivity index (χ3v) is 5.79. The van der Waals surface area contributed by atoms with Crippen molar-refractivity contribution >= 4 is 33.8 Å². The van der Waals surface area contributed by atoms with E-state index in [1.807, 2.05) is 0 Å². The highest BCUT2D eigenvalue weighted by molar-refractivity contribution is 7.90. The number of hydrogen-bond acceptors (Lipinski definition) is 4. The van der Waals surface area contributed by atoms with Crippen molar-refractivity contribution in [1.29, 1.82) is 0 Å². The molecule has 25 heavy (non-hydrogen) atoms. The lowest BCUT2D eigenvalue weighted by atomic mass is 10.1. The Morgan fingerprint density at radius 1 is 1.12 bits per heavy atom. The van der Waals surface area contributed by atoms with E-state index in [9.17, 15) is 13.2 Å². The monoisotopic (exact) mass is 380 g/mol. The maximum atomic E-state index is 12.4. The lowest BCUT2D eigenvalue weighted by Crippen LogP contribution is -2.24. The van der Waals surface area contributed by atoms with Crippen LogP contribution in [0.25, 0.3) is 0 Å². The van der Waals surface area contributed by atoms with Gasteiger partial charge in [0.05, 0.1) is 16.6 Å². The van der Waals surface area contributed by atoms with E-state index in [1.165, 1.54) is 0 Å². The number of nitrogens with one attached hydrogen (secondary N) is 2. The molecule has 1 amide bonds. The van der Waals surface area contributed by atoms with Crippen molar-refractivity contribution in [2.24, 2.45) is 5.92 Å². The second-order valence-electron chi connectivity index (χ2n) is 5.95. The summed E-state index contributed by atoms with van der Waals surface area (Å²) in [5, 5.41) is 6.04. The van der Waals surface area contributed by atoms with Gasteiger partial charge in [-0.25, -0.2) is 8.42 Å². The fourth-order valence-electron chi connectivity index (χ4n) is 2.79. The second-order valence-corrected chi connectivity index (χ2v) is 7.94. The van der Waals surface area contributed by atoms with Gasteiger partial charge in [-0.05, 0) is 42.8 Å². The molecule has 2 aromatic rings. The highest BCUT2D eigenvalue weighted by Gasteiger charge is 2.22. The fourth-order valence-corrected chi connectivity index (χ4v) is 4.15. The first-order chi connectivity index (χ1) is 11.5. The summed E-state index contributed by atoms with van der Waals surface area (Å²) in [5.74, 6) is -0.143. The minimum Gasteiger partial charge on any atom is -0.326 e. The Labute approximate surface area is 154 Å². The number of halogens is 1. The zero-order valence-electron chi connectivity index (χ0n) is 13.6. The Morgan fingerprint density at radius 2 is 1.88 bits per heavy atom. The van der Waals surface area contributed by atoms with Crippen LogP contribution in [-0.4, -0.2) is 27.4 Å². The van der Waals surface area contributed by atoms with Gasteiger partial charge in [-0.2, -0.15) is 0 Å². The summed E-state index contributed by atoms with van der Waals surface area (Å²) in [6.07, 6.45) is 0.827. The fraction of sp³-hybridized carbons (Fsp3) is 0.278. The van der Waals surface area contributed by atoms with E-state index in [0.717, 1.165) is 13.0 Å². The summed E-state index contributed by atoms with van der Waals surface area (Å²) in [6.45, 7) is 1.54. The molecule has 134 valence electrons. The van der Waals surface area contributed by atoms with Crippen molar-refractivity contribution in [1.82, 2.24) is 5.32 Å². The number of carbonyl (C=O) groups is 1. The normalized spacial score (nSPS) is 16.9. The summed E-state index contributed by atoms with van der Waals surface area (Å²) in [7, 11) is -3.40. The van der Waals surface area contributed by atoms with Gasteiger partial charge in [-0.1, -0.05) is 30.3 Å². The number of rotatable bonds is 5. The molecular weight excluding hydrogens is 360 g/mol. The van der Waals surface area contributed by atoms with E-state index in [4.69, 9.17) is 0 Å². The maximum Gasteiger partial charge on any atom is 0.228 e. The molecule has 0 radical (unpaired) electrons. The molecule has 2 N–H and O–H groups in total. The number of amides is 1.